The predicted octanol–water partition coefficient (Wildman–Crippen LogP) is 0.390. The van der Waals surface area contributed by atoms with Crippen LogP contribution in [0.25, 0.3) is 0 Å². The minimum Gasteiger partial charge on any atom is -0.394 e. The molecule has 0 aromatic heterocycles. The van der Waals surface area contributed by atoms with E-state index in [1.54, 1.807) is 0 Å². The van der Waals surface area contributed by atoms with Crippen molar-refractivity contribution in [1.29, 1.82) is 0 Å². The van der Waals surface area contributed by atoms with Crippen LogP contribution >= 0.6 is 0 Å². The minimum absolute atomic E-state index is 0.136. The molecular formula is C14H28N2O3S. The number of nitrogens with one attached hydrogen (secondary N) is 1. The molecule has 1 atom stereocenters. The van der Waals surface area contributed by atoms with Gasteiger partial charge < -0.3 is 15.3 Å². The zero-order chi connectivity index (χ0) is 14.6. The number of sulfone groups is 1. The average Bonchev–Trinajstić information content (AvgIpc) is 3.23. The van der Waals surface area contributed by atoms with Crippen molar-refractivity contribution in [2.75, 3.05) is 37.7 Å². The molecule has 2 N–H and O–H groups in total. The Labute approximate surface area is 122 Å². The van der Waals surface area contributed by atoms with E-state index in [0.29, 0.717) is 30.6 Å². The van der Waals surface area contributed by atoms with Gasteiger partial charge in [-0.05, 0) is 38.6 Å². The Morgan fingerprint density at radius 3 is 2.45 bits per heavy atom. The Bertz CT molecular complexity index is 389. The van der Waals surface area contributed by atoms with E-state index in [9.17, 15) is 13.5 Å². The molecule has 2 aliphatic rings. The lowest BCUT2D eigenvalue weighted by molar-refractivity contribution is 0.137. The molecule has 1 aliphatic carbocycles. The molecular weight excluding hydrogens is 276 g/mol. The van der Waals surface area contributed by atoms with E-state index >= 15 is 0 Å². The summed E-state index contributed by atoms with van der Waals surface area (Å²) in [5.41, 5.74) is -0.136. The molecule has 0 aromatic carbocycles. The second-order valence-electron chi connectivity index (χ2n) is 6.31. The van der Waals surface area contributed by atoms with Crippen molar-refractivity contribution in [3.8, 4) is 0 Å². The summed E-state index contributed by atoms with van der Waals surface area (Å²) < 4.78 is 22.8. The molecule has 2 fully saturated rings. The highest BCUT2D eigenvalue weighted by Gasteiger charge is 2.34. The van der Waals surface area contributed by atoms with Gasteiger partial charge in [-0.25, -0.2) is 8.42 Å². The van der Waals surface area contributed by atoms with E-state index in [1.807, 2.05) is 0 Å². The summed E-state index contributed by atoms with van der Waals surface area (Å²) in [5, 5.41) is 13.3. The SMILES string of the molecule is CCC(CO)(CCCN1CCS(=O)(=O)CC1)NC1CC1. The molecule has 5 nitrogen and oxygen atoms in total. The molecule has 2 rings (SSSR count). The normalized spacial score (nSPS) is 26.3. The van der Waals surface area contributed by atoms with Gasteiger partial charge in [-0.15, -0.1) is 0 Å². The molecule has 6 heteroatoms. The van der Waals surface area contributed by atoms with Crippen LogP contribution in [0.3, 0.4) is 0 Å². The summed E-state index contributed by atoms with van der Waals surface area (Å²) in [4.78, 5) is 2.23. The first kappa shape index (κ1) is 16.2. The molecule has 0 aromatic rings. The van der Waals surface area contributed by atoms with E-state index in [-0.39, 0.29) is 12.1 Å². The second kappa shape index (κ2) is 6.73. The van der Waals surface area contributed by atoms with E-state index in [0.717, 1.165) is 25.8 Å². The van der Waals surface area contributed by atoms with Gasteiger partial charge in [0.25, 0.3) is 0 Å². The second-order valence-corrected chi connectivity index (χ2v) is 8.61. The molecule has 1 unspecified atom stereocenters. The van der Waals surface area contributed by atoms with Crippen LogP contribution in [0.1, 0.15) is 39.0 Å². The highest BCUT2D eigenvalue weighted by molar-refractivity contribution is 7.91. The van der Waals surface area contributed by atoms with Crippen molar-refractivity contribution < 1.29 is 13.5 Å². The van der Waals surface area contributed by atoms with Gasteiger partial charge in [0.15, 0.2) is 9.84 Å². The lowest BCUT2D eigenvalue weighted by Gasteiger charge is -2.34. The van der Waals surface area contributed by atoms with E-state index in [1.165, 1.54) is 12.8 Å². The van der Waals surface area contributed by atoms with Gasteiger partial charge in [-0.2, -0.15) is 0 Å². The molecule has 0 spiro atoms. The van der Waals surface area contributed by atoms with Crippen LogP contribution in [0.15, 0.2) is 0 Å². The molecule has 118 valence electrons. The predicted molar refractivity (Wildman–Crippen MR) is 80.6 cm³/mol. The standard InChI is InChI=1S/C14H28N2O3S/c1-2-14(12-17,15-13-4-5-13)6-3-7-16-8-10-20(18,19)11-9-16/h13,15,17H,2-12H2,1H3. The molecule has 1 saturated carbocycles. The maximum atomic E-state index is 11.4. The molecule has 1 aliphatic heterocycles. The summed E-state index contributed by atoms with van der Waals surface area (Å²) in [5.74, 6) is 0.596. The van der Waals surface area contributed by atoms with Crippen molar-refractivity contribution in [2.24, 2.45) is 0 Å². The van der Waals surface area contributed by atoms with Crippen LogP contribution in [0.4, 0.5) is 0 Å². The van der Waals surface area contributed by atoms with Gasteiger partial charge in [-0.3, -0.25) is 0 Å². The summed E-state index contributed by atoms with van der Waals surface area (Å²) in [7, 11) is -2.78. The van der Waals surface area contributed by atoms with Crippen LogP contribution in [-0.2, 0) is 9.84 Å². The van der Waals surface area contributed by atoms with E-state index in [2.05, 4.69) is 17.1 Å². The van der Waals surface area contributed by atoms with Crippen LogP contribution in [0.5, 0.6) is 0 Å². The van der Waals surface area contributed by atoms with Crippen LogP contribution < -0.4 is 5.32 Å². The van der Waals surface area contributed by atoms with Gasteiger partial charge in [-0.1, -0.05) is 6.92 Å². The first-order valence-electron chi connectivity index (χ1n) is 7.80. The topological polar surface area (TPSA) is 69.6 Å². The Hall–Kier alpha value is -0.170. The molecule has 1 saturated heterocycles. The number of hydrogen-bond acceptors (Lipinski definition) is 5. The summed E-state index contributed by atoms with van der Waals surface area (Å²) >= 11 is 0. The van der Waals surface area contributed by atoms with Gasteiger partial charge in [0.2, 0.25) is 0 Å². The van der Waals surface area contributed by atoms with Gasteiger partial charge >= 0.3 is 0 Å². The lowest BCUT2D eigenvalue weighted by Crippen LogP contribution is -2.50. The quantitative estimate of drug-likeness (QED) is 0.679. The first-order chi connectivity index (χ1) is 9.49. The maximum absolute atomic E-state index is 11.4. The number of aliphatic hydroxyl groups is 1. The molecule has 20 heavy (non-hydrogen) atoms. The Morgan fingerprint density at radius 2 is 1.95 bits per heavy atom. The monoisotopic (exact) mass is 304 g/mol. The highest BCUT2D eigenvalue weighted by Crippen LogP contribution is 2.27. The van der Waals surface area contributed by atoms with Crippen LogP contribution in [0, 0.1) is 0 Å². The number of hydrogen-bond donors (Lipinski definition) is 2. The van der Waals surface area contributed by atoms with Crippen molar-refractivity contribution in [3.05, 3.63) is 0 Å². The largest absolute Gasteiger partial charge is 0.394 e. The summed E-state index contributed by atoms with van der Waals surface area (Å²) in [6, 6.07) is 0.599. The molecule has 0 radical (unpaired) electrons. The third-order valence-corrected chi connectivity index (χ3v) is 6.24. The fourth-order valence-corrected chi connectivity index (χ4v) is 4.14. The third kappa shape index (κ3) is 4.69. The van der Waals surface area contributed by atoms with E-state index in [4.69, 9.17) is 0 Å². The fraction of sp³-hybridized carbons (Fsp3) is 1.00. The number of rotatable bonds is 8. The lowest BCUT2D eigenvalue weighted by atomic mass is 9.91. The van der Waals surface area contributed by atoms with Crippen molar-refractivity contribution >= 4 is 9.84 Å². The van der Waals surface area contributed by atoms with Crippen molar-refractivity contribution in [1.82, 2.24) is 10.2 Å². The molecule has 0 bridgehead atoms. The zero-order valence-electron chi connectivity index (χ0n) is 12.5. The molecule has 1 heterocycles. The fourth-order valence-electron chi connectivity index (χ4n) is 2.86. The minimum atomic E-state index is -2.78. The summed E-state index contributed by atoms with van der Waals surface area (Å²) in [6.07, 6.45) is 5.36. The van der Waals surface area contributed by atoms with Crippen molar-refractivity contribution in [2.45, 2.75) is 50.6 Å². The average molecular weight is 304 g/mol. The number of aliphatic hydroxyl groups excluding tert-OH is 1. The Morgan fingerprint density at radius 1 is 1.30 bits per heavy atom. The Balaban J connectivity index is 1.73. The zero-order valence-corrected chi connectivity index (χ0v) is 13.3. The van der Waals surface area contributed by atoms with Gasteiger partial charge in [0, 0.05) is 24.7 Å². The molecule has 0 amide bonds. The first-order valence-corrected chi connectivity index (χ1v) is 9.62. The maximum Gasteiger partial charge on any atom is 0.152 e. The van der Waals surface area contributed by atoms with Crippen LogP contribution in [-0.4, -0.2) is 67.8 Å². The van der Waals surface area contributed by atoms with E-state index < -0.39 is 9.84 Å². The number of nitrogens with zero attached hydrogens (tertiary/aromatic N) is 1. The summed E-state index contributed by atoms with van der Waals surface area (Å²) in [6.45, 7) is 4.57. The third-order valence-electron chi connectivity index (χ3n) is 4.63. The van der Waals surface area contributed by atoms with Gasteiger partial charge in [0.05, 0.1) is 18.1 Å². The Kier molecular flexibility index (Phi) is 5.45. The van der Waals surface area contributed by atoms with Crippen LogP contribution in [0.2, 0.25) is 0 Å². The van der Waals surface area contributed by atoms with Gasteiger partial charge in [0.1, 0.15) is 0 Å². The van der Waals surface area contributed by atoms with Crippen molar-refractivity contribution in [3.63, 3.8) is 0 Å². The highest BCUT2D eigenvalue weighted by atomic mass is 32.2. The smallest absolute Gasteiger partial charge is 0.152 e.